The van der Waals surface area contributed by atoms with E-state index in [0.29, 0.717) is 23.0 Å². The summed E-state index contributed by atoms with van der Waals surface area (Å²) in [6.45, 7) is 3.45. The Morgan fingerprint density at radius 2 is 1.80 bits per heavy atom. The van der Waals surface area contributed by atoms with E-state index in [0.717, 1.165) is 32.1 Å². The molecule has 2 aromatic heterocycles. The lowest BCUT2D eigenvalue weighted by Crippen LogP contribution is -2.63. The van der Waals surface area contributed by atoms with Crippen LogP contribution in [0.15, 0.2) is 30.6 Å². The fourth-order valence-corrected chi connectivity index (χ4v) is 7.89. The van der Waals surface area contributed by atoms with Gasteiger partial charge in [0.15, 0.2) is 0 Å². The molecule has 2 saturated heterocycles. The van der Waals surface area contributed by atoms with E-state index >= 15 is 4.79 Å². The summed E-state index contributed by atoms with van der Waals surface area (Å²) in [6.07, 6.45) is 8.61. The lowest BCUT2D eigenvalue weighted by atomic mass is 9.84. The molecule has 0 unspecified atom stereocenters. The van der Waals surface area contributed by atoms with Crippen molar-refractivity contribution in [1.29, 1.82) is 0 Å². The zero-order valence-electron chi connectivity index (χ0n) is 28.4. The highest BCUT2D eigenvalue weighted by molar-refractivity contribution is 6.39. The molecule has 3 aliphatic rings. The third-order valence-electron chi connectivity index (χ3n) is 10.5. The van der Waals surface area contributed by atoms with Gasteiger partial charge in [-0.25, -0.2) is 4.68 Å². The van der Waals surface area contributed by atoms with Crippen LogP contribution >= 0.6 is 0 Å². The average Bonchev–Trinajstić information content (AvgIpc) is 3.86. The molecule has 1 aliphatic carbocycles. The van der Waals surface area contributed by atoms with Crippen LogP contribution in [-0.4, -0.2) is 95.5 Å². The first kappa shape index (κ1) is 35.1. The Labute approximate surface area is 288 Å². The minimum Gasteiger partial charge on any atom is -0.384 e. The summed E-state index contributed by atoms with van der Waals surface area (Å²) in [7, 11) is 0. The number of carbonyl (C=O) groups is 5. The number of ketones is 1. The van der Waals surface area contributed by atoms with Crippen LogP contribution in [0.4, 0.5) is 0 Å². The van der Waals surface area contributed by atoms with Crippen molar-refractivity contribution >= 4 is 40.3 Å². The van der Waals surface area contributed by atoms with Gasteiger partial charge >= 0.3 is 0 Å². The SMILES string of the molecule is CC(C)(O)c1cnnn1[C@H]1C[C@@H](C(=O)NC2(C(=O)C(N)=O)CCOCC2)N(C(=O)[C@@H](CC2CCCCC2)n2ncc3cccc(C(N)=O)c32)C1. The van der Waals surface area contributed by atoms with Crippen LogP contribution < -0.4 is 16.8 Å². The molecule has 50 heavy (non-hydrogen) atoms. The molecule has 1 saturated carbocycles. The molecule has 3 atom stereocenters. The number of nitrogens with two attached hydrogens (primary N) is 2. The lowest BCUT2D eigenvalue weighted by Gasteiger charge is -2.37. The molecule has 16 heteroatoms. The number of likely N-dealkylation sites (tertiary alicyclic amines) is 1. The van der Waals surface area contributed by atoms with Gasteiger partial charge in [-0.1, -0.05) is 49.5 Å². The molecule has 2 aliphatic heterocycles. The molecule has 16 nitrogen and oxygen atoms in total. The lowest BCUT2D eigenvalue weighted by molar-refractivity contribution is -0.147. The number of nitrogens with zero attached hydrogens (tertiary/aromatic N) is 6. The first-order chi connectivity index (χ1) is 23.8. The average molecular weight is 692 g/mol. The van der Waals surface area contributed by atoms with E-state index in [-0.39, 0.29) is 50.5 Å². The highest BCUT2D eigenvalue weighted by Crippen LogP contribution is 2.38. The Balaban J connectivity index is 1.42. The minimum atomic E-state index is -1.59. The smallest absolute Gasteiger partial charge is 0.287 e. The number of hydrogen-bond donors (Lipinski definition) is 4. The van der Waals surface area contributed by atoms with Gasteiger partial charge in [-0.3, -0.25) is 28.7 Å². The first-order valence-corrected chi connectivity index (χ1v) is 17.2. The Hall–Kier alpha value is -4.70. The second-order valence-corrected chi connectivity index (χ2v) is 14.3. The van der Waals surface area contributed by atoms with E-state index in [9.17, 15) is 24.3 Å². The molecule has 0 radical (unpaired) electrons. The van der Waals surface area contributed by atoms with Crippen molar-refractivity contribution in [2.24, 2.45) is 17.4 Å². The van der Waals surface area contributed by atoms with E-state index < -0.39 is 58.7 Å². The number of fused-ring (bicyclic) bond motifs is 1. The number of amides is 4. The maximum atomic E-state index is 15.1. The molecule has 3 aromatic rings. The number of ether oxygens (including phenoxy) is 1. The zero-order chi connectivity index (χ0) is 35.8. The highest BCUT2D eigenvalue weighted by atomic mass is 16.5. The van der Waals surface area contributed by atoms with Crippen molar-refractivity contribution in [3.8, 4) is 0 Å². The third-order valence-corrected chi connectivity index (χ3v) is 10.5. The van der Waals surface area contributed by atoms with Crippen molar-refractivity contribution in [2.45, 2.75) is 101 Å². The van der Waals surface area contributed by atoms with Gasteiger partial charge in [0.25, 0.3) is 11.8 Å². The van der Waals surface area contributed by atoms with Gasteiger partial charge in [0.05, 0.1) is 35.2 Å². The molecule has 6 rings (SSSR count). The maximum absolute atomic E-state index is 15.1. The van der Waals surface area contributed by atoms with Gasteiger partial charge in [0.1, 0.15) is 23.2 Å². The monoisotopic (exact) mass is 691 g/mol. The van der Waals surface area contributed by atoms with E-state index in [1.165, 1.54) is 15.8 Å². The number of aromatic nitrogens is 5. The number of rotatable bonds is 11. The third kappa shape index (κ3) is 6.73. The van der Waals surface area contributed by atoms with Crippen molar-refractivity contribution in [3.05, 3.63) is 41.9 Å². The van der Waals surface area contributed by atoms with E-state index in [1.807, 2.05) is 0 Å². The van der Waals surface area contributed by atoms with Crippen molar-refractivity contribution in [1.82, 2.24) is 35.0 Å². The molecule has 0 spiro atoms. The maximum Gasteiger partial charge on any atom is 0.287 e. The van der Waals surface area contributed by atoms with Crippen LogP contribution in [0.2, 0.25) is 0 Å². The second kappa shape index (κ2) is 13.9. The van der Waals surface area contributed by atoms with Crippen LogP contribution in [0.25, 0.3) is 10.9 Å². The standard InChI is InChI=1S/C34H45N9O7/c1-33(2,49)26-18-37-40-42(26)22-16-24(31(47)39-34(28(44)30(36)46)11-13-50-14-12-34)41(19-22)32(48)25(15-20-7-4-3-5-8-20)43-27-21(17-38-43)9-6-10-23(27)29(35)45/h6,9-10,17-18,20,22,24-25,49H,3-5,7-8,11-16,19H2,1-2H3,(H2,35,45)(H2,36,46)(H,39,47)/t22-,24-,25+/m0/s1. The van der Waals surface area contributed by atoms with Crippen LogP contribution in [0.3, 0.4) is 0 Å². The van der Waals surface area contributed by atoms with Crippen molar-refractivity contribution < 1.29 is 33.8 Å². The quantitative estimate of drug-likeness (QED) is 0.209. The summed E-state index contributed by atoms with van der Waals surface area (Å²) >= 11 is 0. The van der Waals surface area contributed by atoms with Gasteiger partial charge in [-0.05, 0) is 32.3 Å². The Bertz CT molecular complexity index is 1780. The molecular weight excluding hydrogens is 646 g/mol. The van der Waals surface area contributed by atoms with E-state index in [4.69, 9.17) is 16.2 Å². The Morgan fingerprint density at radius 3 is 2.46 bits per heavy atom. The van der Waals surface area contributed by atoms with Crippen molar-refractivity contribution in [3.63, 3.8) is 0 Å². The van der Waals surface area contributed by atoms with Crippen LogP contribution in [-0.2, 0) is 29.5 Å². The number of carbonyl (C=O) groups excluding carboxylic acids is 5. The Kier molecular flexibility index (Phi) is 9.77. The predicted molar refractivity (Wildman–Crippen MR) is 178 cm³/mol. The second-order valence-electron chi connectivity index (χ2n) is 14.3. The van der Waals surface area contributed by atoms with Crippen LogP contribution in [0, 0.1) is 5.92 Å². The number of primary amides is 2. The fraction of sp³-hybridized carbons (Fsp3) is 0.588. The van der Waals surface area contributed by atoms with E-state index in [1.54, 1.807) is 42.9 Å². The largest absolute Gasteiger partial charge is 0.384 e. The Morgan fingerprint density at radius 1 is 1.08 bits per heavy atom. The van der Waals surface area contributed by atoms with Gasteiger partial charge < -0.3 is 31.5 Å². The summed E-state index contributed by atoms with van der Waals surface area (Å²) in [5.74, 6) is -3.62. The molecule has 3 fully saturated rings. The van der Waals surface area contributed by atoms with Gasteiger partial charge in [-0.15, -0.1) is 5.10 Å². The number of nitrogens with one attached hydrogen (secondary N) is 1. The number of Topliss-reactive ketones (excluding diaryl/α,β-unsaturated/α-hetero) is 1. The van der Waals surface area contributed by atoms with Gasteiger partial charge in [-0.2, -0.15) is 5.10 Å². The number of para-hydroxylation sites is 1. The molecule has 6 N–H and O–H groups in total. The summed E-state index contributed by atoms with van der Waals surface area (Å²) in [4.78, 5) is 68.8. The van der Waals surface area contributed by atoms with Crippen LogP contribution in [0.5, 0.6) is 0 Å². The molecule has 0 bridgehead atoms. The molecule has 4 heterocycles. The number of benzene rings is 1. The van der Waals surface area contributed by atoms with Gasteiger partial charge in [0, 0.05) is 44.4 Å². The van der Waals surface area contributed by atoms with E-state index in [2.05, 4.69) is 20.7 Å². The fourth-order valence-electron chi connectivity index (χ4n) is 7.89. The first-order valence-electron chi connectivity index (χ1n) is 17.2. The summed E-state index contributed by atoms with van der Waals surface area (Å²) < 4.78 is 8.52. The zero-order valence-corrected chi connectivity index (χ0v) is 28.4. The topological polar surface area (TPSA) is 231 Å². The molecule has 268 valence electrons. The van der Waals surface area contributed by atoms with Crippen LogP contribution in [0.1, 0.15) is 99.8 Å². The number of hydrogen-bond acceptors (Lipinski definition) is 10. The molecular formula is C34H45N9O7. The minimum absolute atomic E-state index is 0.0201. The number of aliphatic hydroxyl groups is 1. The summed E-state index contributed by atoms with van der Waals surface area (Å²) in [5, 5.41) is 27.2. The van der Waals surface area contributed by atoms with Gasteiger partial charge in [0.2, 0.25) is 17.6 Å². The van der Waals surface area contributed by atoms with Crippen molar-refractivity contribution in [2.75, 3.05) is 19.8 Å². The molecule has 4 amide bonds. The summed E-state index contributed by atoms with van der Waals surface area (Å²) in [6, 6.07) is 2.50. The highest BCUT2D eigenvalue weighted by Gasteiger charge is 2.49. The summed E-state index contributed by atoms with van der Waals surface area (Å²) in [5.41, 5.74) is 9.34. The molecule has 1 aromatic carbocycles. The predicted octanol–water partition coefficient (Wildman–Crippen LogP) is 1.03. The normalized spacial score (nSPS) is 21.9.